The zero-order valence-electron chi connectivity index (χ0n) is 15.1. The van der Waals surface area contributed by atoms with Gasteiger partial charge in [-0.3, -0.25) is 4.79 Å². The van der Waals surface area contributed by atoms with E-state index in [1.165, 1.54) is 5.56 Å². The first kappa shape index (κ1) is 17.6. The highest BCUT2D eigenvalue weighted by Crippen LogP contribution is 2.20. The summed E-state index contributed by atoms with van der Waals surface area (Å²) >= 11 is 0. The third kappa shape index (κ3) is 4.12. The highest BCUT2D eigenvalue weighted by molar-refractivity contribution is 5.94. The van der Waals surface area contributed by atoms with Crippen LogP contribution in [0.2, 0.25) is 0 Å². The molecule has 0 bridgehead atoms. The number of rotatable bonds is 6. The summed E-state index contributed by atoms with van der Waals surface area (Å²) in [6.45, 7) is 0. The van der Waals surface area contributed by atoms with Crippen LogP contribution in [-0.2, 0) is 6.42 Å². The van der Waals surface area contributed by atoms with Gasteiger partial charge in [0.2, 0.25) is 5.82 Å². The Labute approximate surface area is 162 Å². The monoisotopic (exact) mass is 369 g/mol. The lowest BCUT2D eigenvalue weighted by atomic mass is 9.98. The molecular formula is C22H19N5O. The van der Waals surface area contributed by atoms with Crippen LogP contribution in [0.25, 0.3) is 11.4 Å². The summed E-state index contributed by atoms with van der Waals surface area (Å²) in [5.41, 5.74) is 3.63. The highest BCUT2D eigenvalue weighted by Gasteiger charge is 2.16. The Morgan fingerprint density at radius 1 is 0.893 bits per heavy atom. The van der Waals surface area contributed by atoms with Crippen molar-refractivity contribution in [3.63, 3.8) is 0 Å². The number of hydrogen-bond donors (Lipinski definition) is 2. The number of aromatic amines is 1. The number of benzene rings is 3. The largest absolute Gasteiger partial charge is 0.345 e. The second kappa shape index (κ2) is 8.26. The zero-order valence-corrected chi connectivity index (χ0v) is 15.1. The first-order valence-electron chi connectivity index (χ1n) is 9.03. The number of carbonyl (C=O) groups is 1. The Balaban J connectivity index is 1.53. The smallest absolute Gasteiger partial charge is 0.251 e. The van der Waals surface area contributed by atoms with Gasteiger partial charge in [-0.05, 0) is 34.9 Å². The summed E-state index contributed by atoms with van der Waals surface area (Å²) in [6.07, 6.45) is 0.720. The van der Waals surface area contributed by atoms with Crippen LogP contribution in [-0.4, -0.2) is 26.5 Å². The molecule has 2 N–H and O–H groups in total. The molecule has 0 unspecified atom stereocenters. The first-order chi connectivity index (χ1) is 13.8. The second-order valence-corrected chi connectivity index (χ2v) is 6.44. The van der Waals surface area contributed by atoms with Gasteiger partial charge in [0.05, 0.1) is 6.04 Å². The molecule has 1 atom stereocenters. The lowest BCUT2D eigenvalue weighted by molar-refractivity contribution is 0.0936. The number of amides is 1. The molecule has 0 fully saturated rings. The van der Waals surface area contributed by atoms with E-state index in [0.717, 1.165) is 17.5 Å². The fraction of sp³-hybridized carbons (Fsp3) is 0.0909. The van der Waals surface area contributed by atoms with Gasteiger partial charge in [0.1, 0.15) is 0 Å². The molecule has 0 spiro atoms. The van der Waals surface area contributed by atoms with Crippen molar-refractivity contribution >= 4 is 5.91 Å². The van der Waals surface area contributed by atoms with Gasteiger partial charge in [-0.25, -0.2) is 0 Å². The quantitative estimate of drug-likeness (QED) is 0.544. The number of nitrogens with zero attached hydrogens (tertiary/aromatic N) is 3. The number of nitrogens with one attached hydrogen (secondary N) is 2. The van der Waals surface area contributed by atoms with Crippen molar-refractivity contribution in [2.75, 3.05) is 0 Å². The number of carbonyl (C=O) groups excluding carboxylic acids is 1. The van der Waals surface area contributed by atoms with E-state index in [-0.39, 0.29) is 11.9 Å². The summed E-state index contributed by atoms with van der Waals surface area (Å²) < 4.78 is 0. The molecule has 4 rings (SSSR count). The van der Waals surface area contributed by atoms with Gasteiger partial charge in [-0.15, -0.1) is 10.2 Å². The molecule has 0 saturated heterocycles. The average Bonchev–Trinajstić information content (AvgIpc) is 3.30. The molecule has 6 heteroatoms. The predicted molar refractivity (Wildman–Crippen MR) is 106 cm³/mol. The van der Waals surface area contributed by atoms with Crippen LogP contribution in [0, 0.1) is 0 Å². The summed E-state index contributed by atoms with van der Waals surface area (Å²) in [4.78, 5) is 12.9. The molecule has 4 aromatic rings. The van der Waals surface area contributed by atoms with E-state index in [9.17, 15) is 4.79 Å². The lowest BCUT2D eigenvalue weighted by Crippen LogP contribution is -2.30. The molecule has 1 amide bonds. The number of hydrogen-bond acceptors (Lipinski definition) is 4. The van der Waals surface area contributed by atoms with E-state index in [4.69, 9.17) is 0 Å². The van der Waals surface area contributed by atoms with Crippen LogP contribution >= 0.6 is 0 Å². The van der Waals surface area contributed by atoms with Crippen LogP contribution < -0.4 is 5.32 Å². The van der Waals surface area contributed by atoms with Crippen molar-refractivity contribution in [3.8, 4) is 11.4 Å². The van der Waals surface area contributed by atoms with Gasteiger partial charge in [0.15, 0.2) is 0 Å². The molecule has 0 aliphatic rings. The Kier molecular flexibility index (Phi) is 5.20. The second-order valence-electron chi connectivity index (χ2n) is 6.44. The topological polar surface area (TPSA) is 83.6 Å². The summed E-state index contributed by atoms with van der Waals surface area (Å²) in [6, 6.07) is 27.2. The molecule has 0 aliphatic carbocycles. The summed E-state index contributed by atoms with van der Waals surface area (Å²) in [5.74, 6) is 0.377. The van der Waals surface area contributed by atoms with Crippen LogP contribution in [0.1, 0.15) is 27.5 Å². The Hall–Kier alpha value is -3.80. The molecule has 0 aliphatic heterocycles. The van der Waals surface area contributed by atoms with Gasteiger partial charge >= 0.3 is 0 Å². The van der Waals surface area contributed by atoms with Crippen LogP contribution in [0.4, 0.5) is 0 Å². The maximum Gasteiger partial charge on any atom is 0.251 e. The van der Waals surface area contributed by atoms with Gasteiger partial charge in [-0.2, -0.15) is 5.21 Å². The SMILES string of the molecule is O=C(N[C@H](Cc1ccccc1)c1ccccc1)c1ccc(-c2nn[nH]n2)cc1. The molecule has 1 heterocycles. The number of tetrazole rings is 1. The van der Waals surface area contributed by atoms with Crippen LogP contribution in [0.15, 0.2) is 84.9 Å². The van der Waals surface area contributed by atoms with Crippen molar-refractivity contribution in [1.29, 1.82) is 0 Å². The molecule has 3 aromatic carbocycles. The van der Waals surface area contributed by atoms with E-state index >= 15 is 0 Å². The Morgan fingerprint density at radius 3 is 2.21 bits per heavy atom. The molecule has 1 aromatic heterocycles. The van der Waals surface area contributed by atoms with E-state index in [1.807, 2.05) is 60.7 Å². The van der Waals surface area contributed by atoms with Crippen molar-refractivity contribution in [1.82, 2.24) is 25.9 Å². The molecule has 6 nitrogen and oxygen atoms in total. The minimum absolute atomic E-state index is 0.118. The minimum Gasteiger partial charge on any atom is -0.345 e. The number of aromatic nitrogens is 4. The maximum atomic E-state index is 12.9. The lowest BCUT2D eigenvalue weighted by Gasteiger charge is -2.20. The maximum absolute atomic E-state index is 12.9. The zero-order chi connectivity index (χ0) is 19.2. The number of H-pyrrole nitrogens is 1. The normalized spacial score (nSPS) is 11.7. The molecular weight excluding hydrogens is 350 g/mol. The molecule has 0 radical (unpaired) electrons. The molecule has 0 saturated carbocycles. The van der Waals surface area contributed by atoms with Crippen molar-refractivity contribution < 1.29 is 4.79 Å². The minimum atomic E-state index is -0.121. The average molecular weight is 369 g/mol. The van der Waals surface area contributed by atoms with Crippen LogP contribution in [0.3, 0.4) is 0 Å². The first-order valence-corrected chi connectivity index (χ1v) is 9.03. The Bertz CT molecular complexity index is 1020. The van der Waals surface area contributed by atoms with Crippen LogP contribution in [0.5, 0.6) is 0 Å². The molecule has 28 heavy (non-hydrogen) atoms. The van der Waals surface area contributed by atoms with E-state index in [0.29, 0.717) is 11.4 Å². The fourth-order valence-corrected chi connectivity index (χ4v) is 3.08. The third-order valence-electron chi connectivity index (χ3n) is 4.54. The van der Waals surface area contributed by atoms with Crippen molar-refractivity contribution in [3.05, 3.63) is 102 Å². The Morgan fingerprint density at radius 2 is 1.57 bits per heavy atom. The summed E-state index contributed by atoms with van der Waals surface area (Å²) in [5, 5.41) is 17.0. The predicted octanol–water partition coefficient (Wildman–Crippen LogP) is 3.58. The fourth-order valence-electron chi connectivity index (χ4n) is 3.08. The summed E-state index contributed by atoms with van der Waals surface area (Å²) in [7, 11) is 0. The van der Waals surface area contributed by atoms with Gasteiger partial charge in [-0.1, -0.05) is 72.8 Å². The highest BCUT2D eigenvalue weighted by atomic mass is 16.1. The molecule has 138 valence electrons. The standard InChI is InChI=1S/C22H19N5O/c28-22(19-13-11-18(12-14-19)21-24-26-27-25-21)23-20(17-9-5-2-6-10-17)15-16-7-3-1-4-8-16/h1-14,20H,15H2,(H,23,28)(H,24,25,26,27)/t20-/m1/s1. The van der Waals surface area contributed by atoms with E-state index in [2.05, 4.69) is 38.1 Å². The van der Waals surface area contributed by atoms with E-state index in [1.54, 1.807) is 12.1 Å². The van der Waals surface area contributed by atoms with Gasteiger partial charge < -0.3 is 5.32 Å². The third-order valence-corrected chi connectivity index (χ3v) is 4.54. The van der Waals surface area contributed by atoms with Crippen molar-refractivity contribution in [2.45, 2.75) is 12.5 Å². The van der Waals surface area contributed by atoms with E-state index < -0.39 is 0 Å². The van der Waals surface area contributed by atoms with Gasteiger partial charge in [0, 0.05) is 11.1 Å². The van der Waals surface area contributed by atoms with Crippen molar-refractivity contribution in [2.24, 2.45) is 0 Å². The van der Waals surface area contributed by atoms with Gasteiger partial charge in [0.25, 0.3) is 5.91 Å².